The quantitative estimate of drug-likeness (QED) is 0.823. The van der Waals surface area contributed by atoms with Crippen LogP contribution in [0.4, 0.5) is 0 Å². The number of nitrogens with one attached hydrogen (secondary N) is 1. The first-order chi connectivity index (χ1) is 8.92. The van der Waals surface area contributed by atoms with Gasteiger partial charge in [-0.2, -0.15) is 0 Å². The highest BCUT2D eigenvalue weighted by atomic mass is 15.3. The predicted molar refractivity (Wildman–Crippen MR) is 75.9 cm³/mol. The molecule has 0 aromatic carbocycles. The largest absolute Gasteiger partial charge is 0.313 e. The molecule has 3 heteroatoms. The Kier molecular flexibility index (Phi) is 4.55. The molecule has 1 saturated carbocycles. The third-order valence-corrected chi connectivity index (χ3v) is 5.14. The summed E-state index contributed by atoms with van der Waals surface area (Å²) in [5.41, 5.74) is 0. The fraction of sp³-hybridized carbons (Fsp3) is 1.00. The third kappa shape index (κ3) is 3.25. The Morgan fingerprint density at radius 1 is 0.833 bits per heavy atom. The molecule has 0 bridgehead atoms. The van der Waals surface area contributed by atoms with E-state index in [4.69, 9.17) is 0 Å². The molecule has 0 spiro atoms. The van der Waals surface area contributed by atoms with Gasteiger partial charge in [-0.3, -0.25) is 9.80 Å². The van der Waals surface area contributed by atoms with Gasteiger partial charge in [0.1, 0.15) is 0 Å². The highest BCUT2D eigenvalue weighted by Crippen LogP contribution is 2.23. The molecular weight excluding hydrogens is 222 g/mol. The number of hydrogen-bond donors (Lipinski definition) is 1. The zero-order chi connectivity index (χ0) is 12.2. The highest BCUT2D eigenvalue weighted by molar-refractivity contribution is 4.84. The van der Waals surface area contributed by atoms with Crippen LogP contribution >= 0.6 is 0 Å². The molecule has 2 heterocycles. The monoisotopic (exact) mass is 251 g/mol. The SMILES string of the molecule is C1CCC(N2CCN(C[C@@H]3CCCN3)CC2)CC1. The summed E-state index contributed by atoms with van der Waals surface area (Å²) in [5, 5.41) is 3.62. The van der Waals surface area contributed by atoms with Gasteiger partial charge >= 0.3 is 0 Å². The van der Waals surface area contributed by atoms with E-state index in [9.17, 15) is 0 Å². The van der Waals surface area contributed by atoms with E-state index in [0.29, 0.717) is 0 Å². The summed E-state index contributed by atoms with van der Waals surface area (Å²) in [6.45, 7) is 7.77. The normalized spacial score (nSPS) is 33.0. The molecule has 0 unspecified atom stereocenters. The van der Waals surface area contributed by atoms with Crippen molar-refractivity contribution in [3.8, 4) is 0 Å². The van der Waals surface area contributed by atoms with Gasteiger partial charge < -0.3 is 5.32 Å². The van der Waals surface area contributed by atoms with Crippen molar-refractivity contribution < 1.29 is 0 Å². The van der Waals surface area contributed by atoms with Crippen molar-refractivity contribution in [2.24, 2.45) is 0 Å². The average molecular weight is 251 g/mol. The lowest BCUT2D eigenvalue weighted by Crippen LogP contribution is -2.52. The van der Waals surface area contributed by atoms with E-state index in [0.717, 1.165) is 12.1 Å². The molecule has 1 N–H and O–H groups in total. The van der Waals surface area contributed by atoms with Gasteiger partial charge in [0.15, 0.2) is 0 Å². The van der Waals surface area contributed by atoms with Gasteiger partial charge in [0.2, 0.25) is 0 Å². The summed E-state index contributed by atoms with van der Waals surface area (Å²) in [6, 6.07) is 1.71. The van der Waals surface area contributed by atoms with Gasteiger partial charge in [0.05, 0.1) is 0 Å². The van der Waals surface area contributed by atoms with Crippen LogP contribution in [0.5, 0.6) is 0 Å². The van der Waals surface area contributed by atoms with Crippen molar-refractivity contribution in [2.45, 2.75) is 57.0 Å². The van der Waals surface area contributed by atoms with Gasteiger partial charge in [-0.25, -0.2) is 0 Å². The minimum atomic E-state index is 0.784. The fourth-order valence-electron chi connectivity index (χ4n) is 3.98. The molecule has 0 aromatic heterocycles. The van der Waals surface area contributed by atoms with Crippen molar-refractivity contribution >= 4 is 0 Å². The zero-order valence-corrected chi connectivity index (χ0v) is 11.7. The second kappa shape index (κ2) is 6.36. The molecule has 1 atom stereocenters. The summed E-state index contributed by atoms with van der Waals surface area (Å²) in [6.07, 6.45) is 10.1. The number of hydrogen-bond acceptors (Lipinski definition) is 3. The Morgan fingerprint density at radius 3 is 2.28 bits per heavy atom. The molecule has 18 heavy (non-hydrogen) atoms. The highest BCUT2D eigenvalue weighted by Gasteiger charge is 2.26. The lowest BCUT2D eigenvalue weighted by atomic mass is 9.94. The van der Waals surface area contributed by atoms with Crippen LogP contribution in [-0.4, -0.2) is 61.2 Å². The van der Waals surface area contributed by atoms with Crippen LogP contribution in [0.2, 0.25) is 0 Å². The van der Waals surface area contributed by atoms with Crippen molar-refractivity contribution in [2.75, 3.05) is 39.3 Å². The molecule has 3 aliphatic rings. The Balaban J connectivity index is 1.40. The first-order valence-corrected chi connectivity index (χ1v) is 8.11. The molecule has 3 nitrogen and oxygen atoms in total. The van der Waals surface area contributed by atoms with Crippen LogP contribution in [0.1, 0.15) is 44.9 Å². The summed E-state index contributed by atoms with van der Waals surface area (Å²) < 4.78 is 0. The maximum Gasteiger partial charge on any atom is 0.0195 e. The van der Waals surface area contributed by atoms with E-state index in [2.05, 4.69) is 15.1 Å². The Bertz CT molecular complexity index is 236. The molecule has 3 rings (SSSR count). The average Bonchev–Trinajstić information content (AvgIpc) is 2.94. The van der Waals surface area contributed by atoms with E-state index in [1.807, 2.05) is 0 Å². The lowest BCUT2D eigenvalue weighted by molar-refractivity contribution is 0.0751. The van der Waals surface area contributed by atoms with E-state index in [1.54, 1.807) is 0 Å². The Hall–Kier alpha value is -0.120. The number of rotatable bonds is 3. The molecule has 2 saturated heterocycles. The third-order valence-electron chi connectivity index (χ3n) is 5.14. The van der Waals surface area contributed by atoms with Crippen molar-refractivity contribution in [3.05, 3.63) is 0 Å². The van der Waals surface area contributed by atoms with Gasteiger partial charge in [-0.05, 0) is 32.2 Å². The molecule has 2 aliphatic heterocycles. The van der Waals surface area contributed by atoms with Crippen LogP contribution in [-0.2, 0) is 0 Å². The Morgan fingerprint density at radius 2 is 1.61 bits per heavy atom. The van der Waals surface area contributed by atoms with E-state index < -0.39 is 0 Å². The zero-order valence-electron chi connectivity index (χ0n) is 11.7. The minimum absolute atomic E-state index is 0.784. The maximum atomic E-state index is 3.62. The molecule has 104 valence electrons. The van der Waals surface area contributed by atoms with Crippen LogP contribution in [0, 0.1) is 0 Å². The Labute approximate surface area is 112 Å². The van der Waals surface area contributed by atoms with Crippen LogP contribution in [0.3, 0.4) is 0 Å². The van der Waals surface area contributed by atoms with Crippen LogP contribution in [0.15, 0.2) is 0 Å². The molecule has 0 radical (unpaired) electrons. The molecule has 0 amide bonds. The summed E-state index contributed by atoms with van der Waals surface area (Å²) >= 11 is 0. The van der Waals surface area contributed by atoms with E-state index in [1.165, 1.54) is 84.2 Å². The lowest BCUT2D eigenvalue weighted by Gasteiger charge is -2.41. The maximum absolute atomic E-state index is 3.62. The molecule has 0 aromatic rings. The van der Waals surface area contributed by atoms with Gasteiger partial charge in [0, 0.05) is 44.8 Å². The van der Waals surface area contributed by atoms with Crippen LogP contribution in [0.25, 0.3) is 0 Å². The van der Waals surface area contributed by atoms with E-state index >= 15 is 0 Å². The van der Waals surface area contributed by atoms with E-state index in [-0.39, 0.29) is 0 Å². The summed E-state index contributed by atoms with van der Waals surface area (Å²) in [5.74, 6) is 0. The molecule has 1 aliphatic carbocycles. The van der Waals surface area contributed by atoms with Gasteiger partial charge in [-0.1, -0.05) is 19.3 Å². The van der Waals surface area contributed by atoms with Crippen molar-refractivity contribution in [3.63, 3.8) is 0 Å². The van der Waals surface area contributed by atoms with Crippen LogP contribution < -0.4 is 5.32 Å². The smallest absolute Gasteiger partial charge is 0.0195 e. The first kappa shape index (κ1) is 12.9. The molecular formula is C15H29N3. The minimum Gasteiger partial charge on any atom is -0.313 e. The topological polar surface area (TPSA) is 18.5 Å². The first-order valence-electron chi connectivity index (χ1n) is 8.11. The van der Waals surface area contributed by atoms with Crippen molar-refractivity contribution in [1.29, 1.82) is 0 Å². The molecule has 3 fully saturated rings. The number of piperazine rings is 1. The number of nitrogens with zero attached hydrogens (tertiary/aromatic N) is 2. The van der Waals surface area contributed by atoms with Crippen molar-refractivity contribution in [1.82, 2.24) is 15.1 Å². The van der Waals surface area contributed by atoms with Gasteiger partial charge in [-0.15, -0.1) is 0 Å². The van der Waals surface area contributed by atoms with Gasteiger partial charge in [0.25, 0.3) is 0 Å². The predicted octanol–water partition coefficient (Wildman–Crippen LogP) is 1.69. The fourth-order valence-corrected chi connectivity index (χ4v) is 3.98. The second-order valence-corrected chi connectivity index (χ2v) is 6.42. The second-order valence-electron chi connectivity index (χ2n) is 6.42. The standard InChI is InChI=1S/C15H29N3/c1-2-6-15(7-3-1)18-11-9-17(10-12-18)13-14-5-4-8-16-14/h14-16H,1-13H2/t14-/m0/s1. The summed E-state index contributed by atoms with van der Waals surface area (Å²) in [4.78, 5) is 5.46. The summed E-state index contributed by atoms with van der Waals surface area (Å²) in [7, 11) is 0.